The molecule has 0 saturated carbocycles. The van der Waals surface area contributed by atoms with Gasteiger partial charge in [0.05, 0.1) is 14.2 Å². The van der Waals surface area contributed by atoms with Gasteiger partial charge in [0.25, 0.3) is 5.82 Å². The molecule has 0 bridgehead atoms. The van der Waals surface area contributed by atoms with Crippen molar-refractivity contribution in [1.29, 1.82) is 0 Å². The third-order valence-corrected chi connectivity index (χ3v) is 4.63. The standard InChI is InChI=1S/C20H17F3N4O3/c1-29-16-8-4-7-13(17(16)30-2)15-10-14(11-5-3-6-12(28)9-11)24-19-25-18(20(21,22)23)26-27(15)19/h3-10,15,28H,1-2H3,(H,24,25,26). The predicted octanol–water partition coefficient (Wildman–Crippen LogP) is 4.08. The first-order valence-electron chi connectivity index (χ1n) is 8.84. The molecule has 1 aliphatic heterocycles. The van der Waals surface area contributed by atoms with Crippen LogP contribution in [0.3, 0.4) is 0 Å². The van der Waals surface area contributed by atoms with Crippen molar-refractivity contribution in [3.8, 4) is 17.2 Å². The Bertz CT molecular complexity index is 1120. The van der Waals surface area contributed by atoms with Gasteiger partial charge in [-0.2, -0.15) is 18.2 Å². The van der Waals surface area contributed by atoms with Crippen LogP contribution in [0.4, 0.5) is 19.1 Å². The van der Waals surface area contributed by atoms with Crippen molar-refractivity contribution in [3.63, 3.8) is 0 Å². The van der Waals surface area contributed by atoms with Crippen molar-refractivity contribution in [2.75, 3.05) is 19.5 Å². The molecule has 4 rings (SSSR count). The Hall–Kier alpha value is -3.69. The number of hydrogen-bond acceptors (Lipinski definition) is 6. The summed E-state index contributed by atoms with van der Waals surface area (Å²) in [5.74, 6) is -0.527. The van der Waals surface area contributed by atoms with Crippen molar-refractivity contribution >= 4 is 11.6 Å². The van der Waals surface area contributed by atoms with Crippen LogP contribution in [0.2, 0.25) is 0 Å². The van der Waals surface area contributed by atoms with Crippen LogP contribution in [-0.2, 0) is 6.18 Å². The molecule has 1 aliphatic rings. The maximum atomic E-state index is 13.3. The van der Waals surface area contributed by atoms with E-state index in [-0.39, 0.29) is 11.7 Å². The number of benzene rings is 2. The number of anilines is 1. The number of para-hydroxylation sites is 1. The minimum absolute atomic E-state index is 0.0220. The first kappa shape index (κ1) is 19.6. The molecule has 0 amide bonds. The maximum Gasteiger partial charge on any atom is 0.453 e. The number of allylic oxidation sites excluding steroid dienone is 1. The molecular formula is C20H17F3N4O3. The van der Waals surface area contributed by atoms with Gasteiger partial charge in [-0.1, -0.05) is 24.3 Å². The zero-order chi connectivity index (χ0) is 21.5. The Kier molecular flexibility index (Phi) is 4.76. The summed E-state index contributed by atoms with van der Waals surface area (Å²) < 4.78 is 51.8. The normalized spacial score (nSPS) is 15.8. The lowest BCUT2D eigenvalue weighted by molar-refractivity contribution is -0.145. The lowest BCUT2D eigenvalue weighted by Gasteiger charge is -2.26. The molecule has 1 aromatic heterocycles. The third kappa shape index (κ3) is 3.40. The molecule has 0 fully saturated rings. The van der Waals surface area contributed by atoms with E-state index in [1.165, 1.54) is 26.4 Å². The fourth-order valence-electron chi connectivity index (χ4n) is 3.32. The number of aromatic hydroxyl groups is 1. The number of phenols is 1. The molecule has 0 aliphatic carbocycles. The average molecular weight is 418 g/mol. The van der Waals surface area contributed by atoms with Gasteiger partial charge >= 0.3 is 6.18 Å². The van der Waals surface area contributed by atoms with Gasteiger partial charge in [-0.05, 0) is 24.3 Å². The van der Waals surface area contributed by atoms with Crippen LogP contribution in [0.1, 0.15) is 23.0 Å². The van der Waals surface area contributed by atoms with E-state index in [2.05, 4.69) is 15.4 Å². The highest BCUT2D eigenvalue weighted by Gasteiger charge is 2.39. The highest BCUT2D eigenvalue weighted by molar-refractivity contribution is 5.78. The number of alkyl halides is 3. The van der Waals surface area contributed by atoms with E-state index in [0.29, 0.717) is 28.3 Å². The van der Waals surface area contributed by atoms with Gasteiger partial charge in [-0.25, -0.2) is 4.68 Å². The number of halogens is 3. The molecule has 7 nitrogen and oxygen atoms in total. The van der Waals surface area contributed by atoms with Gasteiger partial charge in [-0.3, -0.25) is 0 Å². The van der Waals surface area contributed by atoms with E-state index in [4.69, 9.17) is 9.47 Å². The lowest BCUT2D eigenvalue weighted by atomic mass is 10.0. The zero-order valence-electron chi connectivity index (χ0n) is 15.9. The molecule has 10 heteroatoms. The Morgan fingerprint density at radius 2 is 1.87 bits per heavy atom. The molecular weight excluding hydrogens is 401 g/mol. The van der Waals surface area contributed by atoms with Gasteiger partial charge in [0.1, 0.15) is 11.8 Å². The first-order valence-corrected chi connectivity index (χ1v) is 8.84. The van der Waals surface area contributed by atoms with Crippen molar-refractivity contribution in [2.45, 2.75) is 12.2 Å². The predicted molar refractivity (Wildman–Crippen MR) is 102 cm³/mol. The van der Waals surface area contributed by atoms with Crippen LogP contribution >= 0.6 is 0 Å². The fraction of sp³-hybridized carbons (Fsp3) is 0.200. The van der Waals surface area contributed by atoms with Crippen molar-refractivity contribution in [2.24, 2.45) is 0 Å². The minimum Gasteiger partial charge on any atom is -0.508 e. The van der Waals surface area contributed by atoms with Gasteiger partial charge in [0.15, 0.2) is 11.5 Å². The quantitative estimate of drug-likeness (QED) is 0.665. The maximum absolute atomic E-state index is 13.3. The van der Waals surface area contributed by atoms with Crippen molar-refractivity contribution in [3.05, 3.63) is 65.5 Å². The number of rotatable bonds is 4. The summed E-state index contributed by atoms with van der Waals surface area (Å²) >= 11 is 0. The van der Waals surface area contributed by atoms with Crippen LogP contribution in [0.5, 0.6) is 17.2 Å². The smallest absolute Gasteiger partial charge is 0.453 e. The summed E-state index contributed by atoms with van der Waals surface area (Å²) in [6.45, 7) is 0. The molecule has 2 aromatic carbocycles. The summed E-state index contributed by atoms with van der Waals surface area (Å²) in [6.07, 6.45) is -3.02. The Morgan fingerprint density at radius 1 is 1.10 bits per heavy atom. The number of nitrogens with zero attached hydrogens (tertiary/aromatic N) is 3. The molecule has 30 heavy (non-hydrogen) atoms. The Morgan fingerprint density at radius 3 is 2.53 bits per heavy atom. The minimum atomic E-state index is -4.71. The monoisotopic (exact) mass is 418 g/mol. The first-order chi connectivity index (χ1) is 14.3. The van der Waals surface area contributed by atoms with Gasteiger partial charge in [0, 0.05) is 16.8 Å². The van der Waals surface area contributed by atoms with Crippen LogP contribution in [-0.4, -0.2) is 34.1 Å². The van der Waals surface area contributed by atoms with Crippen LogP contribution in [0, 0.1) is 0 Å². The second kappa shape index (κ2) is 7.29. The SMILES string of the molecule is COc1cccc(C2C=C(c3cccc(O)c3)Nc3nc(C(F)(F)F)nn32)c1OC. The number of methoxy groups -OCH3 is 2. The van der Waals surface area contributed by atoms with E-state index in [1.54, 1.807) is 36.4 Å². The summed E-state index contributed by atoms with van der Waals surface area (Å²) in [7, 11) is 2.92. The topological polar surface area (TPSA) is 81.4 Å². The van der Waals surface area contributed by atoms with Crippen molar-refractivity contribution < 1.29 is 27.8 Å². The summed E-state index contributed by atoms with van der Waals surface area (Å²) in [6, 6.07) is 10.7. The van der Waals surface area contributed by atoms with Gasteiger partial charge < -0.3 is 19.9 Å². The molecule has 1 atom stereocenters. The van der Waals surface area contributed by atoms with Gasteiger partial charge in [0.2, 0.25) is 5.95 Å². The van der Waals surface area contributed by atoms with Crippen molar-refractivity contribution in [1.82, 2.24) is 14.8 Å². The van der Waals surface area contributed by atoms with Gasteiger partial charge in [-0.15, -0.1) is 5.10 Å². The molecule has 2 heterocycles. The fourth-order valence-corrected chi connectivity index (χ4v) is 3.32. The summed E-state index contributed by atoms with van der Waals surface area (Å²) in [5.41, 5.74) is 1.58. The number of nitrogens with one attached hydrogen (secondary N) is 1. The average Bonchev–Trinajstić information content (AvgIpc) is 3.17. The van der Waals surface area contributed by atoms with Crippen LogP contribution < -0.4 is 14.8 Å². The molecule has 3 aromatic rings. The summed E-state index contributed by atoms with van der Waals surface area (Å²) in [5, 5.41) is 16.4. The molecule has 0 spiro atoms. The van der Waals surface area contributed by atoms with Crippen LogP contribution in [0.25, 0.3) is 5.70 Å². The molecule has 156 valence electrons. The lowest BCUT2D eigenvalue weighted by Crippen LogP contribution is -2.21. The molecule has 2 N–H and O–H groups in total. The number of ether oxygens (including phenoxy) is 2. The second-order valence-electron chi connectivity index (χ2n) is 6.48. The van der Waals surface area contributed by atoms with E-state index >= 15 is 0 Å². The largest absolute Gasteiger partial charge is 0.508 e. The molecule has 0 radical (unpaired) electrons. The molecule has 1 unspecified atom stereocenters. The highest BCUT2D eigenvalue weighted by atomic mass is 19.4. The highest BCUT2D eigenvalue weighted by Crippen LogP contribution is 2.41. The number of aromatic nitrogens is 3. The number of fused-ring (bicyclic) bond motifs is 1. The zero-order valence-corrected chi connectivity index (χ0v) is 15.9. The molecule has 0 saturated heterocycles. The van der Waals surface area contributed by atoms with Crippen LogP contribution in [0.15, 0.2) is 48.5 Å². The van der Waals surface area contributed by atoms with E-state index < -0.39 is 18.0 Å². The second-order valence-corrected chi connectivity index (χ2v) is 6.48. The van der Waals surface area contributed by atoms with E-state index in [9.17, 15) is 18.3 Å². The number of hydrogen-bond donors (Lipinski definition) is 2. The third-order valence-electron chi connectivity index (χ3n) is 4.63. The van der Waals surface area contributed by atoms with E-state index in [0.717, 1.165) is 4.68 Å². The number of phenolic OH excluding ortho intramolecular Hbond substituents is 1. The van der Waals surface area contributed by atoms with E-state index in [1.807, 2.05) is 0 Å². The Labute approximate surface area is 169 Å². The summed E-state index contributed by atoms with van der Waals surface area (Å²) in [4.78, 5) is 3.63. The Balaban J connectivity index is 1.92.